The maximum absolute atomic E-state index is 13.1. The predicted octanol–water partition coefficient (Wildman–Crippen LogP) is 0.981. The van der Waals surface area contributed by atoms with E-state index >= 15 is 0 Å². The maximum atomic E-state index is 13.1. The van der Waals surface area contributed by atoms with Crippen LogP contribution in [0.2, 0.25) is 0 Å². The van der Waals surface area contributed by atoms with Gasteiger partial charge >= 0.3 is 0 Å². The summed E-state index contributed by atoms with van der Waals surface area (Å²) in [6, 6.07) is 2.64. The quantitative estimate of drug-likeness (QED) is 0.251. The summed E-state index contributed by atoms with van der Waals surface area (Å²) in [5, 5.41) is 36.2. The van der Waals surface area contributed by atoms with E-state index in [4.69, 9.17) is 21.1 Å². The third-order valence-electron chi connectivity index (χ3n) is 6.83. The Morgan fingerprint density at radius 1 is 1.29 bits per heavy atom. The summed E-state index contributed by atoms with van der Waals surface area (Å²) in [4.78, 5) is 17.1. The van der Waals surface area contributed by atoms with E-state index in [0.29, 0.717) is 18.9 Å². The topological polar surface area (TPSA) is 133 Å². The molecule has 0 unspecified atom stereocenters. The van der Waals surface area contributed by atoms with Crippen molar-refractivity contribution in [3.8, 4) is 5.75 Å². The Bertz CT molecular complexity index is 757. The molecule has 34 heavy (non-hydrogen) atoms. The zero-order valence-electron chi connectivity index (χ0n) is 19.8. The summed E-state index contributed by atoms with van der Waals surface area (Å²) in [7, 11) is 0. The summed E-state index contributed by atoms with van der Waals surface area (Å²) in [5.41, 5.74) is 0. The number of hydrogen-bond acceptors (Lipinski definition) is 8. The van der Waals surface area contributed by atoms with Crippen LogP contribution in [0.4, 0.5) is 0 Å². The van der Waals surface area contributed by atoms with Crippen LogP contribution in [0.5, 0.6) is 5.75 Å². The number of rotatable bonds is 9. The van der Waals surface area contributed by atoms with E-state index < -0.39 is 41.9 Å². The van der Waals surface area contributed by atoms with Gasteiger partial charge in [-0.2, -0.15) is 0 Å². The molecule has 1 aromatic heterocycles. The molecule has 0 bridgehead atoms. The molecule has 3 heterocycles. The SMILES string of the molecule is C[C@H](Cl)[C@@H](NC(=O)[C@@H]1CC[C@H](CCCOc2cccnc2)CCN1)[C@H]1O[C@H](C)[C@H](O)[C@@H](O)[C@H]1O. The van der Waals surface area contributed by atoms with Gasteiger partial charge in [0.1, 0.15) is 30.2 Å². The van der Waals surface area contributed by atoms with Crippen molar-refractivity contribution in [2.75, 3.05) is 13.2 Å². The molecule has 192 valence electrons. The highest BCUT2D eigenvalue weighted by atomic mass is 35.5. The molecule has 9 nitrogen and oxygen atoms in total. The van der Waals surface area contributed by atoms with Crippen molar-refractivity contribution < 1.29 is 29.6 Å². The number of pyridine rings is 1. The van der Waals surface area contributed by atoms with Crippen LogP contribution in [-0.4, -0.2) is 87.3 Å². The minimum Gasteiger partial charge on any atom is -0.492 e. The molecular weight excluding hydrogens is 462 g/mol. The number of hydrogen-bond donors (Lipinski definition) is 5. The Kier molecular flexibility index (Phi) is 10.4. The second-order valence-electron chi connectivity index (χ2n) is 9.41. The zero-order chi connectivity index (χ0) is 24.7. The molecule has 10 heteroatoms. The van der Waals surface area contributed by atoms with Crippen LogP contribution in [0.3, 0.4) is 0 Å². The molecule has 0 saturated carbocycles. The molecule has 3 rings (SSSR count). The number of aliphatic hydroxyl groups is 3. The molecule has 5 N–H and O–H groups in total. The standard InChI is InChI=1S/C24H38ClN3O6/c1-14(25)19(23-22(31)21(30)20(29)15(2)34-23)28-24(32)18-8-7-16(9-11-27-18)5-4-12-33-17-6-3-10-26-13-17/h3,6,10,13-16,18-23,27,29-31H,4-5,7-9,11-12H2,1-2H3,(H,28,32)/t14-,15+,16-,18-,19+,20-,21+,22+,23+/m0/s1. The molecule has 2 saturated heterocycles. The van der Waals surface area contributed by atoms with Crippen LogP contribution in [0, 0.1) is 5.92 Å². The third kappa shape index (κ3) is 7.26. The smallest absolute Gasteiger partial charge is 0.237 e. The minimum absolute atomic E-state index is 0.206. The van der Waals surface area contributed by atoms with Crippen molar-refractivity contribution in [3.63, 3.8) is 0 Å². The first-order chi connectivity index (χ1) is 16.3. The van der Waals surface area contributed by atoms with Gasteiger partial charge in [-0.1, -0.05) is 0 Å². The van der Waals surface area contributed by atoms with Crippen LogP contribution >= 0.6 is 11.6 Å². The molecule has 0 radical (unpaired) electrons. The van der Waals surface area contributed by atoms with Gasteiger partial charge in [-0.3, -0.25) is 9.78 Å². The highest BCUT2D eigenvalue weighted by Crippen LogP contribution is 2.26. The Labute approximate surface area is 206 Å². The Morgan fingerprint density at radius 2 is 2.09 bits per heavy atom. The van der Waals surface area contributed by atoms with Gasteiger partial charge in [0.25, 0.3) is 0 Å². The number of ether oxygens (including phenoxy) is 2. The van der Waals surface area contributed by atoms with Crippen molar-refractivity contribution in [3.05, 3.63) is 24.5 Å². The number of aromatic nitrogens is 1. The number of alkyl halides is 1. The molecule has 1 aromatic rings. The van der Waals surface area contributed by atoms with Gasteiger partial charge in [0, 0.05) is 6.20 Å². The molecular formula is C24H38ClN3O6. The van der Waals surface area contributed by atoms with E-state index in [0.717, 1.165) is 38.0 Å². The molecule has 0 aliphatic carbocycles. The second-order valence-corrected chi connectivity index (χ2v) is 10.1. The number of halogens is 1. The van der Waals surface area contributed by atoms with Gasteiger partial charge in [0.2, 0.25) is 5.91 Å². The number of carbonyl (C=O) groups excluding carboxylic acids is 1. The first-order valence-corrected chi connectivity index (χ1v) is 12.6. The monoisotopic (exact) mass is 499 g/mol. The summed E-state index contributed by atoms with van der Waals surface area (Å²) in [6.45, 7) is 4.68. The molecule has 9 atom stereocenters. The Balaban J connectivity index is 1.47. The van der Waals surface area contributed by atoms with Crippen LogP contribution in [-0.2, 0) is 9.53 Å². The van der Waals surface area contributed by atoms with Crippen molar-refractivity contribution >= 4 is 17.5 Å². The number of carbonyl (C=O) groups is 1. The lowest BCUT2D eigenvalue weighted by Crippen LogP contribution is -2.65. The van der Waals surface area contributed by atoms with E-state index in [9.17, 15) is 20.1 Å². The van der Waals surface area contributed by atoms with Crippen molar-refractivity contribution in [1.29, 1.82) is 0 Å². The van der Waals surface area contributed by atoms with Crippen LogP contribution in [0.25, 0.3) is 0 Å². The molecule has 1 amide bonds. The lowest BCUT2D eigenvalue weighted by molar-refractivity contribution is -0.223. The van der Waals surface area contributed by atoms with Gasteiger partial charge in [0.05, 0.1) is 36.4 Å². The Hall–Kier alpha value is -1.49. The van der Waals surface area contributed by atoms with E-state index in [2.05, 4.69) is 15.6 Å². The van der Waals surface area contributed by atoms with E-state index in [1.165, 1.54) is 0 Å². The average Bonchev–Trinajstić information content (AvgIpc) is 3.07. The lowest BCUT2D eigenvalue weighted by Gasteiger charge is -2.43. The number of nitrogens with one attached hydrogen (secondary N) is 2. The maximum Gasteiger partial charge on any atom is 0.237 e. The van der Waals surface area contributed by atoms with Crippen molar-refractivity contribution in [1.82, 2.24) is 15.6 Å². The molecule has 0 spiro atoms. The highest BCUT2D eigenvalue weighted by Gasteiger charge is 2.46. The fraction of sp³-hybridized carbons (Fsp3) is 0.750. The largest absolute Gasteiger partial charge is 0.492 e. The minimum atomic E-state index is -1.37. The predicted molar refractivity (Wildman–Crippen MR) is 128 cm³/mol. The second kappa shape index (κ2) is 13.0. The molecule has 2 aliphatic rings. The van der Waals surface area contributed by atoms with Gasteiger partial charge in [-0.15, -0.1) is 11.6 Å². The zero-order valence-corrected chi connectivity index (χ0v) is 20.6. The molecule has 0 aromatic carbocycles. The average molecular weight is 500 g/mol. The Morgan fingerprint density at radius 3 is 2.79 bits per heavy atom. The number of aliphatic hydroxyl groups excluding tert-OH is 3. The fourth-order valence-electron chi connectivity index (χ4n) is 4.72. The number of nitrogens with zero attached hydrogens (tertiary/aromatic N) is 1. The van der Waals surface area contributed by atoms with E-state index in [-0.39, 0.29) is 11.9 Å². The van der Waals surface area contributed by atoms with E-state index in [1.54, 1.807) is 26.2 Å². The van der Waals surface area contributed by atoms with Crippen molar-refractivity contribution in [2.45, 2.75) is 93.9 Å². The van der Waals surface area contributed by atoms with Gasteiger partial charge in [-0.05, 0) is 70.5 Å². The molecule has 2 fully saturated rings. The third-order valence-corrected chi connectivity index (χ3v) is 7.10. The fourth-order valence-corrected chi connectivity index (χ4v) is 4.93. The normalized spacial score (nSPS) is 34.0. The van der Waals surface area contributed by atoms with Gasteiger partial charge in [-0.25, -0.2) is 0 Å². The van der Waals surface area contributed by atoms with Crippen LogP contribution in [0.15, 0.2) is 24.5 Å². The lowest BCUT2D eigenvalue weighted by atomic mass is 9.90. The first-order valence-electron chi connectivity index (χ1n) is 12.2. The van der Waals surface area contributed by atoms with Crippen LogP contribution < -0.4 is 15.4 Å². The van der Waals surface area contributed by atoms with Gasteiger partial charge < -0.3 is 35.4 Å². The molecule has 2 aliphatic heterocycles. The van der Waals surface area contributed by atoms with Crippen molar-refractivity contribution in [2.24, 2.45) is 5.92 Å². The van der Waals surface area contributed by atoms with Gasteiger partial charge in [0.15, 0.2) is 0 Å². The summed E-state index contributed by atoms with van der Waals surface area (Å²) < 4.78 is 11.4. The summed E-state index contributed by atoms with van der Waals surface area (Å²) >= 11 is 6.34. The van der Waals surface area contributed by atoms with Crippen LogP contribution in [0.1, 0.15) is 46.0 Å². The summed E-state index contributed by atoms with van der Waals surface area (Å²) in [5.74, 6) is 1.07. The summed E-state index contributed by atoms with van der Waals surface area (Å²) in [6.07, 6.45) is 2.41. The highest BCUT2D eigenvalue weighted by molar-refractivity contribution is 6.21. The first kappa shape index (κ1) is 27.1. The van der Waals surface area contributed by atoms with E-state index in [1.807, 2.05) is 12.1 Å². The number of amides is 1.